The second kappa shape index (κ2) is 7.89. The van der Waals surface area contributed by atoms with Gasteiger partial charge in [-0.1, -0.05) is 0 Å². The summed E-state index contributed by atoms with van der Waals surface area (Å²) < 4.78 is 5.33. The smallest absolute Gasteiger partial charge is 0.407 e. The van der Waals surface area contributed by atoms with Crippen LogP contribution in [0.1, 0.15) is 52.0 Å². The molecule has 1 aromatic rings. The first-order chi connectivity index (χ1) is 11.6. The van der Waals surface area contributed by atoms with Crippen molar-refractivity contribution in [3.8, 4) is 0 Å². The van der Waals surface area contributed by atoms with Crippen LogP contribution in [0.15, 0.2) is 6.20 Å². The standard InChI is InChI=1S/C18H31N5O2/c1-12-11-19-16(23(5)6)22-15(12)20-13-7-9-14(10-8-13)21-17(24)25-18(2,3)4/h11,13-14H,7-10H2,1-6H3,(H,21,24)(H,19,20,22). The summed E-state index contributed by atoms with van der Waals surface area (Å²) in [6.07, 6.45) is 5.36. The molecule has 0 aliphatic heterocycles. The van der Waals surface area contributed by atoms with Gasteiger partial charge in [0.15, 0.2) is 0 Å². The normalized spacial score (nSPS) is 20.7. The van der Waals surface area contributed by atoms with Gasteiger partial charge in [0.25, 0.3) is 0 Å². The van der Waals surface area contributed by atoms with Crippen molar-refractivity contribution in [3.05, 3.63) is 11.8 Å². The number of alkyl carbamates (subject to hydrolysis) is 1. The molecule has 7 heteroatoms. The highest BCUT2D eigenvalue weighted by molar-refractivity contribution is 5.68. The number of nitrogens with one attached hydrogen (secondary N) is 2. The summed E-state index contributed by atoms with van der Waals surface area (Å²) in [6, 6.07) is 0.539. The Morgan fingerprint density at radius 1 is 1.20 bits per heavy atom. The van der Waals surface area contributed by atoms with Crippen molar-refractivity contribution in [2.45, 2.75) is 71.1 Å². The lowest BCUT2D eigenvalue weighted by molar-refractivity contribution is 0.0492. The second-order valence-electron chi connectivity index (χ2n) is 7.94. The molecule has 25 heavy (non-hydrogen) atoms. The average molecular weight is 349 g/mol. The zero-order valence-electron chi connectivity index (χ0n) is 16.2. The largest absolute Gasteiger partial charge is 0.444 e. The maximum absolute atomic E-state index is 11.9. The molecule has 0 saturated heterocycles. The third kappa shape index (κ3) is 6.07. The van der Waals surface area contributed by atoms with Gasteiger partial charge in [-0.2, -0.15) is 4.98 Å². The quantitative estimate of drug-likeness (QED) is 0.869. The summed E-state index contributed by atoms with van der Waals surface area (Å²) in [5, 5.41) is 6.51. The van der Waals surface area contributed by atoms with Crippen LogP contribution in [0.25, 0.3) is 0 Å². The van der Waals surface area contributed by atoms with Crippen molar-refractivity contribution in [1.82, 2.24) is 15.3 Å². The van der Waals surface area contributed by atoms with Gasteiger partial charge in [-0.25, -0.2) is 9.78 Å². The monoisotopic (exact) mass is 349 g/mol. The summed E-state index contributed by atoms with van der Waals surface area (Å²) in [7, 11) is 3.87. The van der Waals surface area contributed by atoms with E-state index in [1.165, 1.54) is 0 Å². The molecule has 0 aromatic carbocycles. The van der Waals surface area contributed by atoms with Gasteiger partial charge in [0.1, 0.15) is 11.4 Å². The van der Waals surface area contributed by atoms with Crippen LogP contribution in [-0.4, -0.2) is 47.8 Å². The SMILES string of the molecule is Cc1cnc(N(C)C)nc1NC1CCC(NC(=O)OC(C)(C)C)CC1. The number of ether oxygens (including phenoxy) is 1. The van der Waals surface area contributed by atoms with Gasteiger partial charge in [-0.15, -0.1) is 0 Å². The molecule has 2 rings (SSSR count). The van der Waals surface area contributed by atoms with E-state index in [2.05, 4.69) is 20.6 Å². The third-order valence-electron chi connectivity index (χ3n) is 4.15. The van der Waals surface area contributed by atoms with E-state index in [9.17, 15) is 4.79 Å². The van der Waals surface area contributed by atoms with E-state index in [1.54, 1.807) is 0 Å². The van der Waals surface area contributed by atoms with Crippen molar-refractivity contribution in [2.75, 3.05) is 24.3 Å². The molecule has 0 radical (unpaired) electrons. The van der Waals surface area contributed by atoms with Crippen LogP contribution < -0.4 is 15.5 Å². The lowest BCUT2D eigenvalue weighted by Gasteiger charge is -2.31. The average Bonchev–Trinajstić information content (AvgIpc) is 2.49. The first kappa shape index (κ1) is 19.3. The molecule has 1 aromatic heterocycles. The molecule has 1 amide bonds. The van der Waals surface area contributed by atoms with Crippen molar-refractivity contribution in [1.29, 1.82) is 0 Å². The first-order valence-electron chi connectivity index (χ1n) is 8.91. The Kier molecular flexibility index (Phi) is 6.08. The van der Waals surface area contributed by atoms with Gasteiger partial charge in [0, 0.05) is 37.9 Å². The Morgan fingerprint density at radius 2 is 1.80 bits per heavy atom. The highest BCUT2D eigenvalue weighted by atomic mass is 16.6. The van der Waals surface area contributed by atoms with E-state index in [0.29, 0.717) is 12.0 Å². The van der Waals surface area contributed by atoms with Crippen LogP contribution in [0.5, 0.6) is 0 Å². The van der Waals surface area contributed by atoms with Crippen LogP contribution in [0.2, 0.25) is 0 Å². The molecule has 140 valence electrons. The molecule has 0 spiro atoms. The van der Waals surface area contributed by atoms with Crippen molar-refractivity contribution >= 4 is 17.9 Å². The maximum Gasteiger partial charge on any atom is 0.407 e. The van der Waals surface area contributed by atoms with Crippen LogP contribution >= 0.6 is 0 Å². The Hall–Kier alpha value is -2.05. The van der Waals surface area contributed by atoms with E-state index >= 15 is 0 Å². The summed E-state index contributed by atoms with van der Waals surface area (Å²) in [5.41, 5.74) is 0.581. The zero-order valence-corrected chi connectivity index (χ0v) is 16.2. The predicted molar refractivity (Wildman–Crippen MR) is 100 cm³/mol. The number of nitrogens with zero attached hydrogens (tertiary/aromatic N) is 3. The molecule has 2 N–H and O–H groups in total. The summed E-state index contributed by atoms with van der Waals surface area (Å²) in [6.45, 7) is 7.63. The Balaban J connectivity index is 1.85. The molecular formula is C18H31N5O2. The maximum atomic E-state index is 11.9. The number of amides is 1. The highest BCUT2D eigenvalue weighted by Crippen LogP contribution is 2.24. The van der Waals surface area contributed by atoms with Gasteiger partial charge >= 0.3 is 6.09 Å². The molecule has 1 saturated carbocycles. The Morgan fingerprint density at radius 3 is 2.36 bits per heavy atom. The minimum absolute atomic E-state index is 0.178. The number of aromatic nitrogens is 2. The Bertz CT molecular complexity index is 590. The number of carbonyl (C=O) groups excluding carboxylic acids is 1. The molecule has 1 heterocycles. The fourth-order valence-electron chi connectivity index (χ4n) is 2.84. The van der Waals surface area contributed by atoms with Crippen molar-refractivity contribution in [2.24, 2.45) is 0 Å². The fourth-order valence-corrected chi connectivity index (χ4v) is 2.84. The molecule has 0 bridgehead atoms. The van der Waals surface area contributed by atoms with Crippen LogP contribution in [0, 0.1) is 6.92 Å². The van der Waals surface area contributed by atoms with E-state index < -0.39 is 5.60 Å². The van der Waals surface area contributed by atoms with Gasteiger partial charge in [-0.05, 0) is 53.4 Å². The number of hydrogen-bond acceptors (Lipinski definition) is 6. The Labute approximate surface area is 150 Å². The van der Waals surface area contributed by atoms with Crippen LogP contribution in [-0.2, 0) is 4.74 Å². The summed E-state index contributed by atoms with van der Waals surface area (Å²) in [4.78, 5) is 22.7. The van der Waals surface area contributed by atoms with E-state index in [0.717, 1.165) is 37.1 Å². The van der Waals surface area contributed by atoms with E-state index in [4.69, 9.17) is 4.74 Å². The molecule has 1 aliphatic rings. The van der Waals surface area contributed by atoms with Gasteiger partial charge in [0.05, 0.1) is 0 Å². The summed E-state index contributed by atoms with van der Waals surface area (Å²) in [5.74, 6) is 1.59. The van der Waals surface area contributed by atoms with Gasteiger partial charge < -0.3 is 20.3 Å². The molecule has 1 fully saturated rings. The molecule has 1 aliphatic carbocycles. The predicted octanol–water partition coefficient (Wildman–Crippen LogP) is 3.10. The minimum Gasteiger partial charge on any atom is -0.444 e. The minimum atomic E-state index is -0.461. The fraction of sp³-hybridized carbons (Fsp3) is 0.722. The molecular weight excluding hydrogens is 318 g/mol. The molecule has 7 nitrogen and oxygen atoms in total. The van der Waals surface area contributed by atoms with Crippen molar-refractivity contribution < 1.29 is 9.53 Å². The van der Waals surface area contributed by atoms with E-state index in [1.807, 2.05) is 52.9 Å². The number of rotatable bonds is 4. The zero-order chi connectivity index (χ0) is 18.6. The van der Waals surface area contributed by atoms with Crippen LogP contribution in [0.4, 0.5) is 16.6 Å². The number of anilines is 2. The number of hydrogen-bond donors (Lipinski definition) is 2. The van der Waals surface area contributed by atoms with E-state index in [-0.39, 0.29) is 12.1 Å². The lowest BCUT2D eigenvalue weighted by Crippen LogP contribution is -2.42. The lowest BCUT2D eigenvalue weighted by atomic mass is 9.91. The number of carbonyl (C=O) groups is 1. The molecule has 0 unspecified atom stereocenters. The van der Waals surface area contributed by atoms with Gasteiger partial charge in [0.2, 0.25) is 5.95 Å². The summed E-state index contributed by atoms with van der Waals surface area (Å²) >= 11 is 0. The second-order valence-corrected chi connectivity index (χ2v) is 7.94. The number of aryl methyl sites for hydroxylation is 1. The molecule has 0 atom stereocenters. The topological polar surface area (TPSA) is 79.4 Å². The first-order valence-corrected chi connectivity index (χ1v) is 8.91. The van der Waals surface area contributed by atoms with Crippen molar-refractivity contribution in [3.63, 3.8) is 0 Å². The van der Waals surface area contributed by atoms with Crippen LogP contribution in [0.3, 0.4) is 0 Å². The third-order valence-corrected chi connectivity index (χ3v) is 4.15. The highest BCUT2D eigenvalue weighted by Gasteiger charge is 2.25. The van der Waals surface area contributed by atoms with Gasteiger partial charge in [-0.3, -0.25) is 0 Å².